The highest BCUT2D eigenvalue weighted by Crippen LogP contribution is 2.33. The number of aliphatic carboxylic acids is 1. The highest BCUT2D eigenvalue weighted by molar-refractivity contribution is 6.36. The van der Waals surface area contributed by atoms with E-state index >= 15 is 0 Å². The first-order valence-electron chi connectivity index (χ1n) is 13.1. The molecule has 0 bridgehead atoms. The van der Waals surface area contributed by atoms with Gasteiger partial charge in [0.15, 0.2) is 11.7 Å². The molecular formula is C31H26Cl3N3O8. The van der Waals surface area contributed by atoms with Crippen LogP contribution < -0.4 is 20.0 Å². The Hall–Kier alpha value is -4.63. The third kappa shape index (κ3) is 8.51. The summed E-state index contributed by atoms with van der Waals surface area (Å²) in [5.74, 6) is 2.19. The summed E-state index contributed by atoms with van der Waals surface area (Å²) in [6, 6.07) is 14.5. The van der Waals surface area contributed by atoms with E-state index in [0.717, 1.165) is 4.68 Å². The Morgan fingerprint density at radius 3 is 2.36 bits per heavy atom. The lowest BCUT2D eigenvalue weighted by atomic mass is 9.97. The van der Waals surface area contributed by atoms with Crippen molar-refractivity contribution in [1.29, 1.82) is 0 Å². The number of hydrogen-bond donors (Lipinski definition) is 1. The third-order valence-electron chi connectivity index (χ3n) is 5.75. The van der Waals surface area contributed by atoms with Crippen molar-refractivity contribution in [3.05, 3.63) is 86.1 Å². The van der Waals surface area contributed by atoms with Crippen molar-refractivity contribution in [2.24, 2.45) is 0 Å². The van der Waals surface area contributed by atoms with E-state index in [4.69, 9.17) is 69.4 Å². The summed E-state index contributed by atoms with van der Waals surface area (Å²) in [6.45, 7) is 7.15. The van der Waals surface area contributed by atoms with Crippen LogP contribution in [0.3, 0.4) is 0 Å². The Morgan fingerprint density at radius 2 is 1.73 bits per heavy atom. The highest BCUT2D eigenvalue weighted by atomic mass is 35.5. The highest BCUT2D eigenvalue weighted by Gasteiger charge is 2.24. The zero-order chi connectivity index (χ0) is 32.9. The number of aromatic nitrogens is 3. The molecule has 0 amide bonds. The normalized spacial score (nSPS) is 11.7. The van der Waals surface area contributed by atoms with Crippen LogP contribution in [0.5, 0.6) is 23.3 Å². The fourth-order valence-corrected chi connectivity index (χ4v) is 4.19. The Bertz CT molecular complexity index is 1920. The molecule has 0 saturated heterocycles. The first-order chi connectivity index (χ1) is 21.2. The van der Waals surface area contributed by atoms with Crippen LogP contribution in [0.25, 0.3) is 16.8 Å². The van der Waals surface area contributed by atoms with Crippen LogP contribution in [0.15, 0.2) is 68.2 Å². The van der Waals surface area contributed by atoms with Gasteiger partial charge < -0.3 is 28.2 Å². The quantitative estimate of drug-likeness (QED) is 0.164. The van der Waals surface area contributed by atoms with Gasteiger partial charge in [-0.2, -0.15) is 9.67 Å². The fourth-order valence-electron chi connectivity index (χ4n) is 3.51. The predicted molar refractivity (Wildman–Crippen MR) is 168 cm³/mol. The molecule has 45 heavy (non-hydrogen) atoms. The topological polar surface area (TPSA) is 139 Å². The molecule has 0 aliphatic rings. The Balaban J connectivity index is 0.000000205. The fraction of sp³-hybridized carbons (Fsp3) is 0.226. The average Bonchev–Trinajstić information content (AvgIpc) is 3.56. The SMILES string of the molecule is C#CCOc1cc(-n2nc(C(C)(C)C)oc2=O)c(Cl)cc1Cl.CC(Oc1ccc(Oc2nc3ccc(Cl)cc3o2)cc1)C(=O)O. The minimum atomic E-state index is -1.03. The molecule has 3 aromatic carbocycles. The van der Waals surface area contributed by atoms with E-state index in [0.29, 0.717) is 44.9 Å². The summed E-state index contributed by atoms with van der Waals surface area (Å²) in [5.41, 5.74) is 1.07. The maximum atomic E-state index is 12.0. The molecule has 0 saturated carbocycles. The molecule has 2 heterocycles. The van der Waals surface area contributed by atoms with Crippen molar-refractivity contribution < 1.29 is 32.9 Å². The van der Waals surface area contributed by atoms with Crippen molar-refractivity contribution in [2.75, 3.05) is 6.61 Å². The first kappa shape index (κ1) is 33.3. The van der Waals surface area contributed by atoms with Crippen molar-refractivity contribution in [2.45, 2.75) is 39.2 Å². The van der Waals surface area contributed by atoms with Crippen LogP contribution in [0.2, 0.25) is 15.1 Å². The number of terminal acetylenes is 1. The molecule has 234 valence electrons. The maximum absolute atomic E-state index is 12.0. The summed E-state index contributed by atoms with van der Waals surface area (Å²) >= 11 is 18.1. The van der Waals surface area contributed by atoms with Gasteiger partial charge in [-0.05, 0) is 49.4 Å². The van der Waals surface area contributed by atoms with Gasteiger partial charge in [0.25, 0.3) is 0 Å². The van der Waals surface area contributed by atoms with Gasteiger partial charge in [-0.25, -0.2) is 9.59 Å². The van der Waals surface area contributed by atoms with Gasteiger partial charge in [0.1, 0.15) is 29.4 Å². The number of carboxylic acid groups (broad SMARTS) is 1. The smallest absolute Gasteiger partial charge is 0.442 e. The zero-order valence-electron chi connectivity index (χ0n) is 24.3. The number of benzene rings is 3. The molecule has 0 aliphatic carbocycles. The van der Waals surface area contributed by atoms with Gasteiger partial charge in [-0.3, -0.25) is 0 Å². The number of rotatable bonds is 8. The number of fused-ring (bicyclic) bond motifs is 1. The molecule has 1 N–H and O–H groups in total. The van der Waals surface area contributed by atoms with Crippen LogP contribution in [-0.4, -0.2) is 38.6 Å². The minimum Gasteiger partial charge on any atom is -0.479 e. The Labute approximate surface area is 272 Å². The van der Waals surface area contributed by atoms with E-state index in [1.165, 1.54) is 19.1 Å². The Kier molecular flexibility index (Phi) is 10.3. The standard InChI is InChI=1S/C16H12ClNO5.C15H14Cl2N2O3/c1-9(15(19)20)21-11-3-5-12(6-4-11)22-16-18-13-7-2-10(17)8-14(13)23-16;1-5-6-21-12-8-11(9(16)7-10(12)17)19-14(20)22-13(18-19)15(2,3)4/h2-9H,1H3,(H,19,20);1,7-8H,6H2,2-4H3. The number of nitrogens with zero attached hydrogens (tertiary/aromatic N) is 3. The molecule has 0 aliphatic heterocycles. The lowest BCUT2D eigenvalue weighted by Crippen LogP contribution is -2.22. The molecule has 0 spiro atoms. The summed E-state index contributed by atoms with van der Waals surface area (Å²) in [4.78, 5) is 26.9. The van der Waals surface area contributed by atoms with E-state index in [9.17, 15) is 9.59 Å². The van der Waals surface area contributed by atoms with E-state index < -0.39 is 23.2 Å². The van der Waals surface area contributed by atoms with Gasteiger partial charge in [-0.1, -0.05) is 61.5 Å². The Morgan fingerprint density at radius 1 is 1.04 bits per heavy atom. The predicted octanol–water partition coefficient (Wildman–Crippen LogP) is 7.57. The number of ether oxygens (including phenoxy) is 3. The van der Waals surface area contributed by atoms with Crippen molar-refractivity contribution in [3.63, 3.8) is 0 Å². The molecule has 11 nitrogen and oxygen atoms in total. The van der Waals surface area contributed by atoms with Crippen LogP contribution >= 0.6 is 34.8 Å². The number of oxazole rings is 1. The lowest BCUT2D eigenvalue weighted by Gasteiger charge is -2.11. The van der Waals surface area contributed by atoms with Crippen molar-refractivity contribution >= 4 is 51.9 Å². The van der Waals surface area contributed by atoms with Gasteiger partial charge in [0.05, 0.1) is 15.7 Å². The minimum absolute atomic E-state index is 0.0434. The molecule has 1 unspecified atom stereocenters. The van der Waals surface area contributed by atoms with Crippen LogP contribution in [0.4, 0.5) is 0 Å². The second-order valence-electron chi connectivity index (χ2n) is 10.3. The first-order valence-corrected chi connectivity index (χ1v) is 14.3. The van der Waals surface area contributed by atoms with Gasteiger partial charge >= 0.3 is 17.8 Å². The van der Waals surface area contributed by atoms with Gasteiger partial charge in [0.2, 0.25) is 5.89 Å². The number of carboxylic acids is 1. The van der Waals surface area contributed by atoms with E-state index in [2.05, 4.69) is 16.0 Å². The largest absolute Gasteiger partial charge is 0.479 e. The number of halogens is 3. The van der Waals surface area contributed by atoms with E-state index in [-0.39, 0.29) is 22.7 Å². The second kappa shape index (κ2) is 14.0. The van der Waals surface area contributed by atoms with Gasteiger partial charge in [-0.15, -0.1) is 11.5 Å². The zero-order valence-corrected chi connectivity index (χ0v) is 26.6. The molecule has 0 radical (unpaired) electrons. The van der Waals surface area contributed by atoms with Crippen LogP contribution in [0, 0.1) is 12.3 Å². The lowest BCUT2D eigenvalue weighted by molar-refractivity contribution is -0.144. The summed E-state index contributed by atoms with van der Waals surface area (Å²) < 4.78 is 27.8. The monoisotopic (exact) mass is 673 g/mol. The molecule has 2 aromatic heterocycles. The molecule has 5 aromatic rings. The van der Waals surface area contributed by atoms with Crippen LogP contribution in [0.1, 0.15) is 33.6 Å². The average molecular weight is 675 g/mol. The van der Waals surface area contributed by atoms with E-state index in [1.54, 1.807) is 42.5 Å². The van der Waals surface area contributed by atoms with Crippen molar-refractivity contribution in [3.8, 4) is 41.4 Å². The van der Waals surface area contributed by atoms with Crippen molar-refractivity contribution in [1.82, 2.24) is 14.8 Å². The molecule has 1 atom stereocenters. The van der Waals surface area contributed by atoms with Gasteiger partial charge in [0, 0.05) is 22.6 Å². The second-order valence-corrected chi connectivity index (χ2v) is 11.6. The molecule has 0 fully saturated rings. The molecular weight excluding hydrogens is 649 g/mol. The maximum Gasteiger partial charge on any atom is 0.442 e. The summed E-state index contributed by atoms with van der Waals surface area (Å²) in [6.07, 6.45) is 4.32. The molecule has 5 rings (SSSR count). The number of carbonyl (C=O) groups is 1. The summed E-state index contributed by atoms with van der Waals surface area (Å²) in [5, 5.41) is 14.1. The summed E-state index contributed by atoms with van der Waals surface area (Å²) in [7, 11) is 0. The van der Waals surface area contributed by atoms with Crippen LogP contribution in [-0.2, 0) is 10.2 Å². The number of hydrogen-bond acceptors (Lipinski definition) is 9. The molecule has 14 heteroatoms. The third-order valence-corrected chi connectivity index (χ3v) is 6.58. The van der Waals surface area contributed by atoms with E-state index in [1.807, 2.05) is 20.8 Å².